The normalized spacial score (nSPS) is 34.2. The molecule has 2 N–H and O–H groups in total. The van der Waals surface area contributed by atoms with Crippen molar-refractivity contribution in [1.29, 1.82) is 0 Å². The van der Waals surface area contributed by atoms with Crippen LogP contribution in [0.2, 0.25) is 0 Å². The molecule has 0 amide bonds. The van der Waals surface area contributed by atoms with Gasteiger partial charge in [-0.1, -0.05) is 0 Å². The van der Waals surface area contributed by atoms with Gasteiger partial charge in [-0.05, 0) is 43.4 Å². The van der Waals surface area contributed by atoms with Gasteiger partial charge >= 0.3 is 0 Å². The molecule has 0 aliphatic carbocycles. The standard InChI is InChI=1S/C13H18N2O/c1-8-4-5-15-7-11(8)13(14)10-6-9-2-3-12(10)16-9/h4-5,7,9-10,12-13H,2-3,6,14H2,1H3. The first-order valence-corrected chi connectivity index (χ1v) is 6.07. The zero-order chi connectivity index (χ0) is 11.1. The quantitative estimate of drug-likeness (QED) is 0.825. The fourth-order valence-electron chi connectivity index (χ4n) is 3.11. The molecule has 3 nitrogen and oxygen atoms in total. The van der Waals surface area contributed by atoms with E-state index in [4.69, 9.17) is 10.5 Å². The van der Waals surface area contributed by atoms with E-state index in [0.717, 1.165) is 6.42 Å². The molecule has 2 bridgehead atoms. The maximum Gasteiger partial charge on any atom is 0.0627 e. The largest absolute Gasteiger partial charge is 0.375 e. The molecule has 3 heteroatoms. The van der Waals surface area contributed by atoms with Crippen molar-refractivity contribution < 1.29 is 4.74 Å². The van der Waals surface area contributed by atoms with E-state index in [1.807, 2.05) is 18.5 Å². The van der Waals surface area contributed by atoms with Crippen LogP contribution in [0, 0.1) is 12.8 Å². The SMILES string of the molecule is Cc1ccncc1C(N)C1CC2CCC1O2. The number of hydrogen-bond acceptors (Lipinski definition) is 3. The second-order valence-electron chi connectivity index (χ2n) is 5.03. The Bertz CT molecular complexity index is 393. The molecule has 1 aromatic heterocycles. The Morgan fingerprint density at radius 1 is 1.50 bits per heavy atom. The molecular formula is C13H18N2O. The minimum Gasteiger partial charge on any atom is -0.375 e. The lowest BCUT2D eigenvalue weighted by Crippen LogP contribution is -2.29. The van der Waals surface area contributed by atoms with E-state index in [-0.39, 0.29) is 6.04 Å². The first-order chi connectivity index (χ1) is 7.75. The Balaban J connectivity index is 1.83. The van der Waals surface area contributed by atoms with Gasteiger partial charge in [-0.15, -0.1) is 0 Å². The van der Waals surface area contributed by atoms with Crippen LogP contribution in [-0.4, -0.2) is 17.2 Å². The van der Waals surface area contributed by atoms with E-state index in [2.05, 4.69) is 11.9 Å². The minimum atomic E-state index is 0.0870. The van der Waals surface area contributed by atoms with E-state index in [9.17, 15) is 0 Å². The van der Waals surface area contributed by atoms with Crippen molar-refractivity contribution in [3.63, 3.8) is 0 Å². The molecule has 16 heavy (non-hydrogen) atoms. The van der Waals surface area contributed by atoms with Crippen LogP contribution in [0.15, 0.2) is 18.5 Å². The molecule has 3 rings (SSSR count). The number of fused-ring (bicyclic) bond motifs is 2. The molecule has 0 saturated carbocycles. The lowest BCUT2D eigenvalue weighted by atomic mass is 9.81. The van der Waals surface area contributed by atoms with E-state index in [1.54, 1.807) is 0 Å². The summed E-state index contributed by atoms with van der Waals surface area (Å²) in [5.41, 5.74) is 8.79. The highest BCUT2D eigenvalue weighted by Gasteiger charge is 2.43. The van der Waals surface area contributed by atoms with Gasteiger partial charge in [0.25, 0.3) is 0 Å². The van der Waals surface area contributed by atoms with Crippen molar-refractivity contribution in [1.82, 2.24) is 4.98 Å². The second-order valence-corrected chi connectivity index (χ2v) is 5.03. The molecule has 4 atom stereocenters. The maximum absolute atomic E-state index is 6.37. The summed E-state index contributed by atoms with van der Waals surface area (Å²) in [7, 11) is 0. The van der Waals surface area contributed by atoms with Gasteiger partial charge in [-0.2, -0.15) is 0 Å². The third-order valence-corrected chi connectivity index (χ3v) is 4.05. The summed E-state index contributed by atoms with van der Waals surface area (Å²) in [4.78, 5) is 4.18. The summed E-state index contributed by atoms with van der Waals surface area (Å²) in [6.45, 7) is 2.10. The third-order valence-electron chi connectivity index (χ3n) is 4.05. The Morgan fingerprint density at radius 3 is 3.00 bits per heavy atom. The highest BCUT2D eigenvalue weighted by atomic mass is 16.5. The van der Waals surface area contributed by atoms with Gasteiger partial charge in [0.05, 0.1) is 12.2 Å². The predicted octanol–water partition coefficient (Wildman–Crippen LogP) is 1.96. The lowest BCUT2D eigenvalue weighted by molar-refractivity contribution is 0.0884. The van der Waals surface area contributed by atoms with Gasteiger partial charge in [-0.3, -0.25) is 4.98 Å². The molecule has 2 saturated heterocycles. The van der Waals surface area contributed by atoms with E-state index in [0.29, 0.717) is 18.1 Å². The van der Waals surface area contributed by atoms with Crippen molar-refractivity contribution in [2.75, 3.05) is 0 Å². The van der Waals surface area contributed by atoms with Crippen molar-refractivity contribution in [2.45, 2.75) is 44.4 Å². The predicted molar refractivity (Wildman–Crippen MR) is 61.9 cm³/mol. The number of aryl methyl sites for hydroxylation is 1. The van der Waals surface area contributed by atoms with Gasteiger partial charge < -0.3 is 10.5 Å². The van der Waals surface area contributed by atoms with Crippen LogP contribution in [0.4, 0.5) is 0 Å². The molecule has 0 aromatic carbocycles. The fourth-order valence-corrected chi connectivity index (χ4v) is 3.11. The van der Waals surface area contributed by atoms with Crippen molar-refractivity contribution in [3.8, 4) is 0 Å². The van der Waals surface area contributed by atoms with Crippen molar-refractivity contribution >= 4 is 0 Å². The first-order valence-electron chi connectivity index (χ1n) is 6.07. The van der Waals surface area contributed by atoms with Crippen LogP contribution in [0.1, 0.15) is 36.4 Å². The van der Waals surface area contributed by atoms with Gasteiger partial charge in [0.15, 0.2) is 0 Å². The molecule has 3 heterocycles. The van der Waals surface area contributed by atoms with Crippen LogP contribution < -0.4 is 5.73 Å². The number of hydrogen-bond donors (Lipinski definition) is 1. The Morgan fingerprint density at radius 2 is 2.38 bits per heavy atom. The zero-order valence-electron chi connectivity index (χ0n) is 9.60. The minimum absolute atomic E-state index is 0.0870. The van der Waals surface area contributed by atoms with Crippen molar-refractivity contribution in [2.24, 2.45) is 11.7 Å². The lowest BCUT2D eigenvalue weighted by Gasteiger charge is -2.26. The smallest absolute Gasteiger partial charge is 0.0627 e. The monoisotopic (exact) mass is 218 g/mol. The maximum atomic E-state index is 6.37. The van der Waals surface area contributed by atoms with Crippen LogP contribution in [0.25, 0.3) is 0 Å². The summed E-state index contributed by atoms with van der Waals surface area (Å²) in [6, 6.07) is 2.12. The average molecular weight is 218 g/mol. The van der Waals surface area contributed by atoms with Crippen LogP contribution in [-0.2, 0) is 4.74 Å². The topological polar surface area (TPSA) is 48.1 Å². The average Bonchev–Trinajstić information content (AvgIpc) is 2.90. The van der Waals surface area contributed by atoms with Gasteiger partial charge in [0.1, 0.15) is 0 Å². The molecule has 0 spiro atoms. The number of nitrogens with zero attached hydrogens (tertiary/aromatic N) is 1. The van der Waals surface area contributed by atoms with Crippen LogP contribution in [0.3, 0.4) is 0 Å². The first kappa shape index (κ1) is 10.2. The molecule has 0 radical (unpaired) electrons. The van der Waals surface area contributed by atoms with Gasteiger partial charge in [-0.25, -0.2) is 0 Å². The molecule has 2 aliphatic rings. The van der Waals surface area contributed by atoms with Gasteiger partial charge in [0.2, 0.25) is 0 Å². The Hall–Kier alpha value is -0.930. The number of rotatable bonds is 2. The van der Waals surface area contributed by atoms with Gasteiger partial charge in [0, 0.05) is 24.4 Å². The summed E-state index contributed by atoms with van der Waals surface area (Å²) in [6.07, 6.45) is 8.12. The van der Waals surface area contributed by atoms with Crippen LogP contribution >= 0.6 is 0 Å². The Labute approximate surface area is 96.0 Å². The van der Waals surface area contributed by atoms with E-state index < -0.39 is 0 Å². The summed E-state index contributed by atoms with van der Waals surface area (Å²) in [5.74, 6) is 0.488. The van der Waals surface area contributed by atoms with Crippen LogP contribution in [0.5, 0.6) is 0 Å². The number of aromatic nitrogens is 1. The molecular weight excluding hydrogens is 200 g/mol. The van der Waals surface area contributed by atoms with E-state index in [1.165, 1.54) is 24.0 Å². The number of pyridine rings is 1. The summed E-state index contributed by atoms with van der Waals surface area (Å²) in [5, 5.41) is 0. The fraction of sp³-hybridized carbons (Fsp3) is 0.615. The molecule has 1 aromatic rings. The van der Waals surface area contributed by atoms with Crippen molar-refractivity contribution in [3.05, 3.63) is 29.6 Å². The zero-order valence-corrected chi connectivity index (χ0v) is 9.60. The third kappa shape index (κ3) is 1.55. The Kier molecular flexibility index (Phi) is 2.45. The summed E-state index contributed by atoms with van der Waals surface area (Å²) < 4.78 is 5.87. The molecule has 2 aliphatic heterocycles. The highest BCUT2D eigenvalue weighted by molar-refractivity contribution is 5.26. The van der Waals surface area contributed by atoms with E-state index >= 15 is 0 Å². The number of nitrogens with two attached hydrogens (primary N) is 1. The second kappa shape index (κ2) is 3.82. The molecule has 4 unspecified atom stereocenters. The summed E-state index contributed by atoms with van der Waals surface area (Å²) >= 11 is 0. The highest BCUT2D eigenvalue weighted by Crippen LogP contribution is 2.44. The molecule has 2 fully saturated rings. The number of ether oxygens (including phenoxy) is 1. The molecule has 86 valence electrons.